The minimum absolute atomic E-state index is 0.0956. The van der Waals surface area contributed by atoms with E-state index in [1.807, 2.05) is 24.2 Å². The van der Waals surface area contributed by atoms with Crippen LogP contribution in [0, 0.1) is 13.8 Å². The van der Waals surface area contributed by atoms with Crippen molar-refractivity contribution in [1.82, 2.24) is 4.31 Å². The summed E-state index contributed by atoms with van der Waals surface area (Å²) in [5, 5.41) is 3.90. The monoisotopic (exact) mass is 522 g/mol. The van der Waals surface area contributed by atoms with Crippen molar-refractivity contribution < 1.29 is 17.6 Å². The van der Waals surface area contributed by atoms with Gasteiger partial charge in [-0.2, -0.15) is 4.31 Å². The Morgan fingerprint density at radius 1 is 0.919 bits per heavy atom. The molecule has 7 heteroatoms. The molecule has 0 saturated heterocycles. The Hall–Kier alpha value is -2.64. The molecule has 37 heavy (non-hydrogen) atoms. The van der Waals surface area contributed by atoms with Crippen LogP contribution >= 0.6 is 0 Å². The van der Waals surface area contributed by atoms with Crippen molar-refractivity contribution in [2.45, 2.75) is 101 Å². The molecule has 2 aliphatic rings. The second kappa shape index (κ2) is 11.0. The van der Waals surface area contributed by atoms with E-state index in [4.69, 9.17) is 4.42 Å². The van der Waals surface area contributed by atoms with Gasteiger partial charge in [0.1, 0.15) is 5.58 Å². The minimum atomic E-state index is -3.61. The molecule has 1 heterocycles. The SMILES string of the molecule is Cc1cc(C)c2c(CC(=O)Nc3ccc(S(=O)(=O)N(C4CCCCC4)C4CCCCC4)cc3)coc2c1. The predicted octanol–water partition coefficient (Wildman–Crippen LogP) is 6.89. The van der Waals surface area contributed by atoms with E-state index in [0.717, 1.165) is 79.0 Å². The largest absolute Gasteiger partial charge is 0.464 e. The van der Waals surface area contributed by atoms with Gasteiger partial charge in [-0.15, -0.1) is 0 Å². The summed E-state index contributed by atoms with van der Waals surface area (Å²) in [7, 11) is -3.61. The Kier molecular flexibility index (Phi) is 7.72. The second-order valence-corrected chi connectivity index (χ2v) is 12.7. The van der Waals surface area contributed by atoms with Gasteiger partial charge in [-0.1, -0.05) is 44.6 Å². The van der Waals surface area contributed by atoms with Crippen LogP contribution in [0.25, 0.3) is 11.0 Å². The van der Waals surface area contributed by atoms with Gasteiger partial charge in [0, 0.05) is 28.7 Å². The highest BCUT2D eigenvalue weighted by molar-refractivity contribution is 7.89. The number of nitrogens with one attached hydrogen (secondary N) is 1. The fourth-order valence-corrected chi connectivity index (χ4v) is 8.26. The van der Waals surface area contributed by atoms with Crippen LogP contribution in [0.3, 0.4) is 0 Å². The standard InChI is InChI=1S/C30H38N2O4S/c1-21-17-22(2)30-23(20-36-28(30)18-21)19-29(33)31-24-13-15-27(16-14-24)37(34,35)32(25-9-5-3-6-10-25)26-11-7-4-8-12-26/h13-18,20,25-26H,3-12,19H2,1-2H3,(H,31,33). The Labute approximate surface area is 220 Å². The first-order valence-electron chi connectivity index (χ1n) is 13.7. The summed E-state index contributed by atoms with van der Waals surface area (Å²) in [5.41, 5.74) is 4.43. The Balaban J connectivity index is 1.31. The molecule has 2 aliphatic carbocycles. The number of amides is 1. The lowest BCUT2D eigenvalue weighted by Gasteiger charge is -2.40. The highest BCUT2D eigenvalue weighted by atomic mass is 32.2. The summed E-state index contributed by atoms with van der Waals surface area (Å²) in [6, 6.07) is 10.9. The average Bonchev–Trinajstić information content (AvgIpc) is 3.28. The van der Waals surface area contributed by atoms with Crippen LogP contribution in [0.15, 0.2) is 52.0 Å². The molecule has 5 rings (SSSR count). The normalized spacial score (nSPS) is 17.9. The molecule has 1 N–H and O–H groups in total. The highest BCUT2D eigenvalue weighted by Crippen LogP contribution is 2.35. The lowest BCUT2D eigenvalue weighted by atomic mass is 9.91. The number of hydrogen-bond donors (Lipinski definition) is 1. The summed E-state index contributed by atoms with van der Waals surface area (Å²) in [6.45, 7) is 4.05. The summed E-state index contributed by atoms with van der Waals surface area (Å²) in [5.74, 6) is -0.163. The highest BCUT2D eigenvalue weighted by Gasteiger charge is 2.38. The third kappa shape index (κ3) is 5.63. The van der Waals surface area contributed by atoms with Crippen molar-refractivity contribution in [1.29, 1.82) is 0 Å². The van der Waals surface area contributed by atoms with E-state index >= 15 is 0 Å². The van der Waals surface area contributed by atoms with Crippen LogP contribution in [0.5, 0.6) is 0 Å². The van der Waals surface area contributed by atoms with Crippen molar-refractivity contribution in [2.24, 2.45) is 0 Å². The number of rotatable bonds is 7. The molecule has 2 saturated carbocycles. The predicted molar refractivity (Wildman–Crippen MR) is 147 cm³/mol. The number of hydrogen-bond acceptors (Lipinski definition) is 4. The maximum Gasteiger partial charge on any atom is 0.243 e. The first-order chi connectivity index (χ1) is 17.8. The Bertz CT molecular complexity index is 1330. The van der Waals surface area contributed by atoms with Crippen molar-refractivity contribution in [3.63, 3.8) is 0 Å². The maximum atomic E-state index is 13.9. The van der Waals surface area contributed by atoms with Crippen molar-refractivity contribution in [3.8, 4) is 0 Å². The zero-order valence-corrected chi connectivity index (χ0v) is 22.8. The summed E-state index contributed by atoms with van der Waals surface area (Å²) in [4.78, 5) is 13.1. The van der Waals surface area contributed by atoms with Gasteiger partial charge in [0.15, 0.2) is 0 Å². The zero-order valence-electron chi connectivity index (χ0n) is 22.0. The van der Waals surface area contributed by atoms with Gasteiger partial charge >= 0.3 is 0 Å². The van der Waals surface area contributed by atoms with E-state index in [1.54, 1.807) is 30.5 Å². The van der Waals surface area contributed by atoms with E-state index in [9.17, 15) is 13.2 Å². The fraction of sp³-hybridized carbons (Fsp3) is 0.500. The van der Waals surface area contributed by atoms with E-state index in [2.05, 4.69) is 11.4 Å². The van der Waals surface area contributed by atoms with E-state index in [-0.39, 0.29) is 24.4 Å². The number of benzene rings is 2. The van der Waals surface area contributed by atoms with Gasteiger partial charge in [0.2, 0.25) is 15.9 Å². The number of carbonyl (C=O) groups excluding carboxylic acids is 1. The van der Waals surface area contributed by atoms with E-state index in [1.165, 1.54) is 12.8 Å². The van der Waals surface area contributed by atoms with Gasteiger partial charge in [-0.25, -0.2) is 8.42 Å². The summed E-state index contributed by atoms with van der Waals surface area (Å²) in [6.07, 6.45) is 12.4. The number of fused-ring (bicyclic) bond motifs is 1. The molecular weight excluding hydrogens is 484 g/mol. The topological polar surface area (TPSA) is 79.6 Å². The number of nitrogens with zero attached hydrogens (tertiary/aromatic N) is 1. The fourth-order valence-electron chi connectivity index (χ4n) is 6.33. The first-order valence-corrected chi connectivity index (χ1v) is 15.2. The van der Waals surface area contributed by atoms with Crippen LogP contribution in [-0.2, 0) is 21.2 Å². The molecule has 0 aliphatic heterocycles. The molecule has 1 aromatic heterocycles. The Morgan fingerprint density at radius 2 is 1.51 bits per heavy atom. The van der Waals surface area contributed by atoms with Crippen LogP contribution < -0.4 is 5.32 Å². The molecule has 0 spiro atoms. The molecule has 0 bridgehead atoms. The number of aryl methyl sites for hydroxylation is 2. The van der Waals surface area contributed by atoms with Gasteiger partial charge in [0.05, 0.1) is 17.6 Å². The molecule has 2 aromatic carbocycles. The van der Waals surface area contributed by atoms with Gasteiger partial charge in [0.25, 0.3) is 0 Å². The van der Waals surface area contributed by atoms with Gasteiger partial charge in [-0.3, -0.25) is 4.79 Å². The van der Waals surface area contributed by atoms with Gasteiger partial charge in [-0.05, 0) is 81.0 Å². The molecule has 6 nitrogen and oxygen atoms in total. The third-order valence-corrected chi connectivity index (χ3v) is 10.0. The maximum absolute atomic E-state index is 13.9. The van der Waals surface area contributed by atoms with Crippen LogP contribution in [0.4, 0.5) is 5.69 Å². The number of carbonyl (C=O) groups is 1. The number of sulfonamides is 1. The first kappa shape index (κ1) is 26.0. The quantitative estimate of drug-likeness (QED) is 0.366. The van der Waals surface area contributed by atoms with Gasteiger partial charge < -0.3 is 9.73 Å². The van der Waals surface area contributed by atoms with Crippen LogP contribution in [-0.4, -0.2) is 30.7 Å². The molecule has 198 valence electrons. The van der Waals surface area contributed by atoms with Crippen LogP contribution in [0.2, 0.25) is 0 Å². The minimum Gasteiger partial charge on any atom is -0.464 e. The molecule has 1 amide bonds. The molecule has 0 unspecified atom stereocenters. The van der Waals surface area contributed by atoms with Crippen molar-refractivity contribution in [2.75, 3.05) is 5.32 Å². The summed E-state index contributed by atoms with van der Waals surface area (Å²) >= 11 is 0. The lowest BCUT2D eigenvalue weighted by Crippen LogP contribution is -2.48. The van der Waals surface area contributed by atoms with E-state index in [0.29, 0.717) is 10.6 Å². The third-order valence-electron chi connectivity index (χ3n) is 8.03. The lowest BCUT2D eigenvalue weighted by molar-refractivity contribution is -0.115. The molecule has 2 fully saturated rings. The Morgan fingerprint density at radius 3 is 2.11 bits per heavy atom. The smallest absolute Gasteiger partial charge is 0.243 e. The molecular formula is C30H38N2O4S. The molecule has 3 aromatic rings. The second-order valence-electron chi connectivity index (χ2n) is 10.9. The van der Waals surface area contributed by atoms with E-state index < -0.39 is 10.0 Å². The zero-order chi connectivity index (χ0) is 26.0. The average molecular weight is 523 g/mol. The molecule has 0 radical (unpaired) electrons. The van der Waals surface area contributed by atoms with Crippen molar-refractivity contribution >= 4 is 32.6 Å². The van der Waals surface area contributed by atoms with Crippen LogP contribution in [0.1, 0.15) is 80.9 Å². The summed E-state index contributed by atoms with van der Waals surface area (Å²) < 4.78 is 35.3. The molecule has 0 atom stereocenters. The van der Waals surface area contributed by atoms with Crippen molar-refractivity contribution in [3.05, 3.63) is 59.4 Å². The number of anilines is 1. The number of furan rings is 1.